The van der Waals surface area contributed by atoms with Crippen molar-refractivity contribution in [1.29, 1.82) is 0 Å². The number of carbonyl (C=O) groups is 1. The van der Waals surface area contributed by atoms with Gasteiger partial charge >= 0.3 is 93.5 Å². The van der Waals surface area contributed by atoms with Crippen LogP contribution in [-0.2, 0) is 8.53 Å². The van der Waals surface area contributed by atoms with Gasteiger partial charge in [-0.15, -0.1) is 0 Å². The molecule has 0 aliphatic carbocycles. The molecule has 0 saturated heterocycles. The van der Waals surface area contributed by atoms with E-state index in [4.69, 9.17) is 13.9 Å². The number of hydrogen-bond acceptors (Lipinski definition) is 5. The molecular formula is C15H17AsN4O5. The van der Waals surface area contributed by atoms with Crippen LogP contribution in [0.1, 0.15) is 6.92 Å². The van der Waals surface area contributed by atoms with Crippen molar-refractivity contribution in [2.24, 2.45) is 0 Å². The van der Waals surface area contributed by atoms with Crippen LogP contribution >= 0.6 is 0 Å². The fourth-order valence-corrected chi connectivity index (χ4v) is 3.53. The molecule has 3 rings (SSSR count). The van der Waals surface area contributed by atoms with E-state index in [-0.39, 0.29) is 11.4 Å². The van der Waals surface area contributed by atoms with Crippen molar-refractivity contribution in [1.82, 2.24) is 10.2 Å². The Morgan fingerprint density at radius 1 is 1.28 bits per heavy atom. The van der Waals surface area contributed by atoms with E-state index < -0.39 is 30.2 Å². The summed E-state index contributed by atoms with van der Waals surface area (Å²) in [5.41, 5.74) is 6.42. The topological polar surface area (TPSA) is 162 Å². The van der Waals surface area contributed by atoms with E-state index in [0.717, 1.165) is 17.0 Å². The number of nitrogen functional groups attached to an aromatic ring is 1. The zero-order valence-corrected chi connectivity index (χ0v) is 15.0. The molecule has 132 valence electrons. The number of phenolic OH excluding ortho intramolecular Hbond substituents is 1. The molecule has 3 aromatic rings. The standard InChI is InChI=1S/C8H11AsN2O5.C7H6N2/c1-4(12)11-7-3-5(10)2-6(8(7)13)9(14,15)16;1-2-4-7-6(3-1)5-8-9-7/h2-3,13H,10H2,1H3,(H,11,12)(H2,14,15,16);1-5H,(H,8,9). The number of H-pyrrole nitrogens is 1. The van der Waals surface area contributed by atoms with Gasteiger partial charge in [-0.2, -0.15) is 5.10 Å². The van der Waals surface area contributed by atoms with Gasteiger partial charge in [-0.25, -0.2) is 0 Å². The first-order valence-electron chi connectivity index (χ1n) is 7.03. The molecule has 1 amide bonds. The largest absolute Gasteiger partial charge is 0.278 e. The Hall–Kier alpha value is -2.74. The zero-order valence-electron chi connectivity index (χ0n) is 13.2. The molecule has 1 heterocycles. The molecule has 0 spiro atoms. The molecule has 1 aromatic heterocycles. The maximum Gasteiger partial charge on any atom is 0.0650 e. The maximum absolute atomic E-state index is 11.1. The first-order chi connectivity index (χ1) is 11.7. The number of nitrogens with two attached hydrogens (primary N) is 1. The SMILES string of the molecule is CC(=O)Nc1cc(N)cc([As](=O)(O)O)c1O.c1ccc2[nH]ncc2c1. The van der Waals surface area contributed by atoms with E-state index in [1.165, 1.54) is 13.0 Å². The Balaban J connectivity index is 0.000000208. The summed E-state index contributed by atoms with van der Waals surface area (Å²) in [6, 6.07) is 10.2. The van der Waals surface area contributed by atoms with Gasteiger partial charge in [0.05, 0.1) is 11.7 Å². The predicted octanol–water partition coefficient (Wildman–Crippen LogP) is 0.0567. The molecule has 0 saturated carbocycles. The molecule has 0 fully saturated rings. The molecule has 0 aliphatic rings. The summed E-state index contributed by atoms with van der Waals surface area (Å²) in [5.74, 6) is -1.14. The number of amides is 1. The number of aromatic hydroxyl groups is 1. The van der Waals surface area contributed by atoms with E-state index >= 15 is 0 Å². The van der Waals surface area contributed by atoms with Crippen molar-refractivity contribution >= 4 is 46.7 Å². The second-order valence-electron chi connectivity index (χ2n) is 5.12. The van der Waals surface area contributed by atoms with Gasteiger partial charge in [0.25, 0.3) is 0 Å². The van der Waals surface area contributed by atoms with Gasteiger partial charge in [-0.1, -0.05) is 18.2 Å². The molecule has 7 N–H and O–H groups in total. The van der Waals surface area contributed by atoms with Crippen LogP contribution in [0.3, 0.4) is 0 Å². The summed E-state index contributed by atoms with van der Waals surface area (Å²) in [6.07, 6.45) is 1.81. The third-order valence-corrected chi connectivity index (χ3v) is 5.12. The summed E-state index contributed by atoms with van der Waals surface area (Å²) in [7, 11) is 0. The van der Waals surface area contributed by atoms with E-state index in [1.807, 2.05) is 30.5 Å². The summed E-state index contributed by atoms with van der Waals surface area (Å²) in [6.45, 7) is 1.20. The number of carbonyl (C=O) groups excluding carboxylic acids is 1. The number of phenols is 1. The minimum atomic E-state index is -5.27. The number of aromatic amines is 1. The van der Waals surface area contributed by atoms with Crippen LogP contribution in [0.2, 0.25) is 0 Å². The number of benzene rings is 2. The molecule has 10 heteroatoms. The normalized spacial score (nSPS) is 10.8. The van der Waals surface area contributed by atoms with Gasteiger partial charge in [-0.05, 0) is 6.07 Å². The van der Waals surface area contributed by atoms with E-state index in [2.05, 4.69) is 15.5 Å². The Morgan fingerprint density at radius 3 is 2.56 bits per heavy atom. The third-order valence-electron chi connectivity index (χ3n) is 3.09. The van der Waals surface area contributed by atoms with Crippen LogP contribution in [-0.4, -0.2) is 43.6 Å². The van der Waals surface area contributed by atoms with Gasteiger partial charge in [0.2, 0.25) is 0 Å². The van der Waals surface area contributed by atoms with Crippen molar-refractivity contribution in [2.75, 3.05) is 11.1 Å². The predicted molar refractivity (Wildman–Crippen MR) is 93.4 cm³/mol. The number of rotatable bonds is 2. The van der Waals surface area contributed by atoms with Crippen molar-refractivity contribution in [2.45, 2.75) is 6.92 Å². The Labute approximate surface area is 145 Å². The zero-order chi connectivity index (χ0) is 18.6. The number of anilines is 2. The quantitative estimate of drug-likeness (QED) is 0.151. The second-order valence-corrected chi connectivity index (χ2v) is 8.41. The Kier molecular flexibility index (Phi) is 5.53. The average Bonchev–Trinajstić information content (AvgIpc) is 2.98. The van der Waals surface area contributed by atoms with Gasteiger partial charge in [0.1, 0.15) is 0 Å². The van der Waals surface area contributed by atoms with E-state index in [0.29, 0.717) is 0 Å². The molecule has 0 bridgehead atoms. The molecular weight excluding hydrogens is 391 g/mol. The number of fused-ring (bicyclic) bond motifs is 1. The van der Waals surface area contributed by atoms with Crippen molar-refractivity contribution in [3.05, 3.63) is 42.6 Å². The summed E-state index contributed by atoms with van der Waals surface area (Å²) < 4.78 is 28.5. The van der Waals surface area contributed by atoms with Crippen molar-refractivity contribution < 1.29 is 21.8 Å². The van der Waals surface area contributed by atoms with Crippen molar-refractivity contribution in [3.8, 4) is 5.75 Å². The second kappa shape index (κ2) is 7.43. The van der Waals surface area contributed by atoms with Gasteiger partial charge in [0, 0.05) is 5.39 Å². The first-order valence-corrected chi connectivity index (χ1v) is 10.4. The number of para-hydroxylation sites is 1. The minimum Gasteiger partial charge on any atom is -0.278 e. The van der Waals surface area contributed by atoms with Crippen LogP contribution in [0.15, 0.2) is 42.6 Å². The number of aromatic nitrogens is 2. The van der Waals surface area contributed by atoms with Crippen molar-refractivity contribution in [3.63, 3.8) is 0 Å². The summed E-state index contributed by atoms with van der Waals surface area (Å²) >= 11 is -5.27. The third kappa shape index (κ3) is 4.86. The number of nitrogens with zero attached hydrogens (tertiary/aromatic N) is 1. The van der Waals surface area contributed by atoms with Crippen LogP contribution in [0.4, 0.5) is 11.4 Å². The summed E-state index contributed by atoms with van der Waals surface area (Å²) in [5, 5.41) is 19.7. The van der Waals surface area contributed by atoms with E-state index in [9.17, 15) is 13.6 Å². The first kappa shape index (κ1) is 18.6. The molecule has 25 heavy (non-hydrogen) atoms. The minimum absolute atomic E-state index is 0.0429. The van der Waals surface area contributed by atoms with Gasteiger partial charge in [-0.3, -0.25) is 5.10 Å². The van der Waals surface area contributed by atoms with E-state index in [1.54, 1.807) is 0 Å². The Bertz CT molecular complexity index is 920. The fourth-order valence-electron chi connectivity index (χ4n) is 2.03. The molecule has 9 nitrogen and oxygen atoms in total. The average molecular weight is 408 g/mol. The molecule has 0 radical (unpaired) electrons. The molecule has 0 unspecified atom stereocenters. The number of hydrogen-bond donors (Lipinski definition) is 6. The fraction of sp³-hybridized carbons (Fsp3) is 0.0667. The molecule has 0 atom stereocenters. The maximum atomic E-state index is 11.1. The monoisotopic (exact) mass is 408 g/mol. The van der Waals surface area contributed by atoms with Crippen LogP contribution in [0.25, 0.3) is 10.9 Å². The Morgan fingerprint density at radius 2 is 1.96 bits per heavy atom. The van der Waals surface area contributed by atoms with Crippen LogP contribution in [0, 0.1) is 0 Å². The number of nitrogens with one attached hydrogen (secondary N) is 2. The molecule has 2 aromatic carbocycles. The van der Waals surface area contributed by atoms with Crippen LogP contribution in [0.5, 0.6) is 5.75 Å². The smallest absolute Gasteiger partial charge is 0.0650 e. The van der Waals surface area contributed by atoms with Gasteiger partial charge in [0.15, 0.2) is 0 Å². The summed E-state index contributed by atoms with van der Waals surface area (Å²) in [4.78, 5) is 10.8. The molecule has 0 aliphatic heterocycles. The van der Waals surface area contributed by atoms with Crippen LogP contribution < -0.4 is 15.4 Å². The van der Waals surface area contributed by atoms with Gasteiger partial charge < -0.3 is 0 Å².